The summed E-state index contributed by atoms with van der Waals surface area (Å²) in [7, 11) is 3.71. The third-order valence-corrected chi connectivity index (χ3v) is 3.19. The minimum absolute atomic E-state index is 0.216. The van der Waals surface area contributed by atoms with Gasteiger partial charge in [0.2, 0.25) is 0 Å². The Morgan fingerprint density at radius 3 is 2.89 bits per heavy atom. The molecule has 0 radical (unpaired) electrons. The fourth-order valence-corrected chi connectivity index (χ4v) is 2.12. The fourth-order valence-electron chi connectivity index (χ4n) is 2.12. The van der Waals surface area contributed by atoms with Crippen molar-refractivity contribution in [3.8, 4) is 0 Å². The molecule has 1 unspecified atom stereocenters. The lowest BCUT2D eigenvalue weighted by molar-refractivity contribution is 0.0957. The summed E-state index contributed by atoms with van der Waals surface area (Å²) in [6.45, 7) is 3.18. The van der Waals surface area contributed by atoms with E-state index in [1.807, 2.05) is 0 Å². The van der Waals surface area contributed by atoms with Gasteiger partial charge < -0.3 is 15.5 Å². The number of carbonyl (C=O) groups excluding carboxylic acids is 1. The van der Waals surface area contributed by atoms with Crippen molar-refractivity contribution >= 4 is 11.7 Å². The molecule has 18 heavy (non-hydrogen) atoms. The lowest BCUT2D eigenvalue weighted by Gasteiger charge is -2.11. The van der Waals surface area contributed by atoms with Gasteiger partial charge in [0.1, 0.15) is 5.82 Å². The summed E-state index contributed by atoms with van der Waals surface area (Å²) in [4.78, 5) is 13.6. The van der Waals surface area contributed by atoms with Crippen molar-refractivity contribution in [2.75, 3.05) is 39.0 Å². The van der Waals surface area contributed by atoms with Crippen LogP contribution in [0.25, 0.3) is 0 Å². The molecule has 0 aromatic carbocycles. The average molecular weight is 249 g/mol. The van der Waals surface area contributed by atoms with Crippen LogP contribution in [0.3, 0.4) is 0 Å². The van der Waals surface area contributed by atoms with Gasteiger partial charge in [-0.15, -0.1) is 10.2 Å². The normalized spacial score (nSPS) is 19.8. The smallest absolute Gasteiger partial charge is 0.271 e. The quantitative estimate of drug-likeness (QED) is 0.797. The third-order valence-electron chi connectivity index (χ3n) is 3.19. The first kappa shape index (κ1) is 12.8. The number of nitrogens with one attached hydrogen (secondary N) is 2. The second-order valence-electron chi connectivity index (χ2n) is 4.68. The summed E-state index contributed by atoms with van der Waals surface area (Å²) in [6, 6.07) is 3.46. The average Bonchev–Trinajstić information content (AvgIpc) is 2.82. The molecular formula is C12H19N5O. The van der Waals surface area contributed by atoms with Crippen LogP contribution >= 0.6 is 0 Å². The molecule has 1 amide bonds. The molecule has 0 bridgehead atoms. The summed E-state index contributed by atoms with van der Waals surface area (Å²) >= 11 is 0. The summed E-state index contributed by atoms with van der Waals surface area (Å²) in [5, 5.41) is 13.6. The number of carbonyl (C=O) groups is 1. The second kappa shape index (κ2) is 5.77. The first-order valence-corrected chi connectivity index (χ1v) is 6.17. The molecule has 6 heteroatoms. The summed E-state index contributed by atoms with van der Waals surface area (Å²) < 4.78 is 0. The molecule has 98 valence electrons. The van der Waals surface area contributed by atoms with Crippen LogP contribution in [0.1, 0.15) is 16.9 Å². The molecule has 0 aliphatic carbocycles. The molecule has 2 heterocycles. The molecule has 1 aliphatic heterocycles. The van der Waals surface area contributed by atoms with Crippen LogP contribution in [0.2, 0.25) is 0 Å². The van der Waals surface area contributed by atoms with Crippen LogP contribution in [-0.4, -0.2) is 54.7 Å². The van der Waals surface area contributed by atoms with Crippen molar-refractivity contribution in [2.45, 2.75) is 6.42 Å². The van der Waals surface area contributed by atoms with E-state index in [9.17, 15) is 4.79 Å². The fraction of sp³-hybridized carbons (Fsp3) is 0.583. The molecule has 6 nitrogen and oxygen atoms in total. The van der Waals surface area contributed by atoms with Gasteiger partial charge in [0.15, 0.2) is 5.69 Å². The zero-order valence-electron chi connectivity index (χ0n) is 10.8. The molecular weight excluding hydrogens is 230 g/mol. The van der Waals surface area contributed by atoms with Crippen molar-refractivity contribution < 1.29 is 4.79 Å². The van der Waals surface area contributed by atoms with Crippen molar-refractivity contribution in [1.29, 1.82) is 0 Å². The van der Waals surface area contributed by atoms with Crippen LogP contribution in [0, 0.1) is 5.92 Å². The van der Waals surface area contributed by atoms with E-state index in [2.05, 4.69) is 32.8 Å². The van der Waals surface area contributed by atoms with E-state index in [-0.39, 0.29) is 5.91 Å². The molecule has 1 atom stereocenters. The maximum absolute atomic E-state index is 11.3. The molecule has 2 rings (SSSR count). The lowest BCUT2D eigenvalue weighted by atomic mass is 10.1. The van der Waals surface area contributed by atoms with Crippen molar-refractivity contribution in [3.05, 3.63) is 17.8 Å². The van der Waals surface area contributed by atoms with E-state index in [1.165, 1.54) is 6.42 Å². The molecule has 1 fully saturated rings. The number of aromatic nitrogens is 2. The Kier molecular flexibility index (Phi) is 4.09. The van der Waals surface area contributed by atoms with E-state index in [0.717, 1.165) is 25.5 Å². The minimum atomic E-state index is -0.216. The maximum Gasteiger partial charge on any atom is 0.271 e. The van der Waals surface area contributed by atoms with Gasteiger partial charge in [-0.3, -0.25) is 4.79 Å². The molecule has 1 aromatic rings. The van der Waals surface area contributed by atoms with Gasteiger partial charge in [0.05, 0.1) is 0 Å². The van der Waals surface area contributed by atoms with Gasteiger partial charge in [0, 0.05) is 20.1 Å². The highest BCUT2D eigenvalue weighted by Gasteiger charge is 2.19. The van der Waals surface area contributed by atoms with Gasteiger partial charge in [-0.2, -0.15) is 0 Å². The van der Waals surface area contributed by atoms with Gasteiger partial charge in [-0.1, -0.05) is 0 Å². The van der Waals surface area contributed by atoms with Crippen LogP contribution in [0.4, 0.5) is 5.82 Å². The predicted molar refractivity (Wildman–Crippen MR) is 69.5 cm³/mol. The highest BCUT2D eigenvalue weighted by molar-refractivity contribution is 5.91. The standard InChI is InChI=1S/C12H19N5O/c1-13-12(18)10-3-4-11(16-15-10)14-7-9-5-6-17(2)8-9/h3-4,9H,5-8H2,1-2H3,(H,13,18)(H,14,16). The number of hydrogen-bond donors (Lipinski definition) is 2. The Morgan fingerprint density at radius 1 is 1.50 bits per heavy atom. The van der Waals surface area contributed by atoms with Crippen LogP contribution in [0.15, 0.2) is 12.1 Å². The highest BCUT2D eigenvalue weighted by Crippen LogP contribution is 2.14. The van der Waals surface area contributed by atoms with E-state index in [0.29, 0.717) is 11.6 Å². The zero-order chi connectivity index (χ0) is 13.0. The minimum Gasteiger partial charge on any atom is -0.368 e. The lowest BCUT2D eigenvalue weighted by Crippen LogP contribution is -2.21. The van der Waals surface area contributed by atoms with E-state index < -0.39 is 0 Å². The molecule has 0 saturated carbocycles. The Morgan fingerprint density at radius 2 is 2.33 bits per heavy atom. The second-order valence-corrected chi connectivity index (χ2v) is 4.68. The Balaban J connectivity index is 1.85. The topological polar surface area (TPSA) is 70.2 Å². The summed E-state index contributed by atoms with van der Waals surface area (Å²) in [5.74, 6) is 1.17. The third kappa shape index (κ3) is 3.16. The van der Waals surface area contributed by atoms with Crippen molar-refractivity contribution in [1.82, 2.24) is 20.4 Å². The van der Waals surface area contributed by atoms with E-state index in [4.69, 9.17) is 0 Å². The largest absolute Gasteiger partial charge is 0.368 e. The number of hydrogen-bond acceptors (Lipinski definition) is 5. The molecule has 1 aliphatic rings. The molecule has 1 saturated heterocycles. The van der Waals surface area contributed by atoms with Gasteiger partial charge in [-0.05, 0) is 38.1 Å². The first-order valence-electron chi connectivity index (χ1n) is 6.17. The van der Waals surface area contributed by atoms with Crippen molar-refractivity contribution in [3.63, 3.8) is 0 Å². The van der Waals surface area contributed by atoms with Crippen LogP contribution in [0.5, 0.6) is 0 Å². The molecule has 0 spiro atoms. The maximum atomic E-state index is 11.3. The monoisotopic (exact) mass is 249 g/mol. The van der Waals surface area contributed by atoms with Crippen LogP contribution < -0.4 is 10.6 Å². The number of rotatable bonds is 4. The Bertz CT molecular complexity index is 405. The Hall–Kier alpha value is -1.69. The highest BCUT2D eigenvalue weighted by atomic mass is 16.1. The van der Waals surface area contributed by atoms with Crippen LogP contribution in [-0.2, 0) is 0 Å². The zero-order valence-corrected chi connectivity index (χ0v) is 10.8. The number of nitrogens with zero attached hydrogens (tertiary/aromatic N) is 3. The van der Waals surface area contributed by atoms with Crippen molar-refractivity contribution in [2.24, 2.45) is 5.92 Å². The molecule has 2 N–H and O–H groups in total. The first-order chi connectivity index (χ1) is 8.69. The SMILES string of the molecule is CNC(=O)c1ccc(NCC2CCN(C)C2)nn1. The van der Waals surface area contributed by atoms with Gasteiger partial charge in [0.25, 0.3) is 5.91 Å². The van der Waals surface area contributed by atoms with Gasteiger partial charge in [-0.25, -0.2) is 0 Å². The summed E-state index contributed by atoms with van der Waals surface area (Å²) in [5.41, 5.74) is 0.337. The Labute approximate surface area is 107 Å². The van der Waals surface area contributed by atoms with E-state index in [1.54, 1.807) is 19.2 Å². The van der Waals surface area contributed by atoms with Gasteiger partial charge >= 0.3 is 0 Å². The molecule has 1 aromatic heterocycles. The predicted octanol–water partition coefficient (Wildman–Crippen LogP) is 0.200. The number of anilines is 1. The number of amides is 1. The van der Waals surface area contributed by atoms with E-state index >= 15 is 0 Å². The summed E-state index contributed by atoms with van der Waals surface area (Å²) in [6.07, 6.45) is 1.22. The number of likely N-dealkylation sites (tertiary alicyclic amines) is 1.